The molecule has 0 bridgehead atoms. The quantitative estimate of drug-likeness (QED) is 0.734. The van der Waals surface area contributed by atoms with Crippen molar-refractivity contribution < 1.29 is 9.53 Å². The second-order valence-corrected chi connectivity index (χ2v) is 9.47. The Balaban J connectivity index is 1.63. The van der Waals surface area contributed by atoms with E-state index in [1.54, 1.807) is 0 Å². The fourth-order valence-electron chi connectivity index (χ4n) is 7.32. The van der Waals surface area contributed by atoms with Gasteiger partial charge in [-0.05, 0) is 73.5 Å². The normalized spacial score (nSPS) is 52.8. The van der Waals surface area contributed by atoms with Gasteiger partial charge in [0.1, 0.15) is 0 Å². The maximum absolute atomic E-state index is 12.2. The molecule has 7 atom stereocenters. The number of ether oxygens (including phenoxy) is 1. The van der Waals surface area contributed by atoms with E-state index in [9.17, 15) is 4.79 Å². The van der Waals surface area contributed by atoms with E-state index in [0.717, 1.165) is 30.6 Å². The molecule has 130 valence electrons. The van der Waals surface area contributed by atoms with Gasteiger partial charge in [0.15, 0.2) is 0 Å². The number of carbonyl (C=O) groups is 1. The molecule has 4 rings (SSSR count). The molecule has 1 aliphatic heterocycles. The van der Waals surface area contributed by atoms with E-state index in [1.165, 1.54) is 38.5 Å². The summed E-state index contributed by atoms with van der Waals surface area (Å²) in [6.07, 6.45) is 10.1. The summed E-state index contributed by atoms with van der Waals surface area (Å²) in [5.41, 5.74) is 0.847. The van der Waals surface area contributed by atoms with Crippen molar-refractivity contribution in [1.82, 2.24) is 4.90 Å². The molecular weight excluding hydrogens is 286 g/mol. The summed E-state index contributed by atoms with van der Waals surface area (Å²) >= 11 is 0. The van der Waals surface area contributed by atoms with E-state index >= 15 is 0 Å². The van der Waals surface area contributed by atoms with E-state index in [-0.39, 0.29) is 0 Å². The molecule has 0 aromatic heterocycles. The summed E-state index contributed by atoms with van der Waals surface area (Å²) in [6.45, 7) is 5.03. The molecule has 23 heavy (non-hydrogen) atoms. The largest absolute Gasteiger partial charge is 0.381 e. The van der Waals surface area contributed by atoms with Crippen LogP contribution in [0.2, 0.25) is 0 Å². The van der Waals surface area contributed by atoms with E-state index < -0.39 is 0 Å². The monoisotopic (exact) mass is 319 g/mol. The van der Waals surface area contributed by atoms with E-state index in [2.05, 4.69) is 18.7 Å². The summed E-state index contributed by atoms with van der Waals surface area (Å²) in [4.78, 5) is 14.3. The van der Waals surface area contributed by atoms with E-state index in [0.29, 0.717) is 28.9 Å². The summed E-state index contributed by atoms with van der Waals surface area (Å²) in [5, 5.41) is 0. The zero-order valence-electron chi connectivity index (χ0n) is 15.3. The van der Waals surface area contributed by atoms with Gasteiger partial charge in [0, 0.05) is 26.6 Å². The maximum Gasteiger partial charge on any atom is 0.222 e. The highest BCUT2D eigenvalue weighted by Gasteiger charge is 2.60. The summed E-state index contributed by atoms with van der Waals surface area (Å²) in [5.74, 6) is 2.88. The van der Waals surface area contributed by atoms with Gasteiger partial charge in [-0.3, -0.25) is 4.79 Å². The molecule has 1 saturated heterocycles. The van der Waals surface area contributed by atoms with Crippen molar-refractivity contribution >= 4 is 5.91 Å². The van der Waals surface area contributed by atoms with Gasteiger partial charge in [0.25, 0.3) is 0 Å². The summed E-state index contributed by atoms with van der Waals surface area (Å²) in [6, 6.07) is 0.481. The van der Waals surface area contributed by atoms with Crippen molar-refractivity contribution in [2.45, 2.75) is 77.4 Å². The minimum absolute atomic E-state index is 0.345. The Morgan fingerprint density at radius 3 is 2.65 bits per heavy atom. The molecule has 0 radical (unpaired) electrons. The highest BCUT2D eigenvalue weighted by molar-refractivity contribution is 5.77. The number of carbonyl (C=O) groups excluding carboxylic acids is 1. The van der Waals surface area contributed by atoms with E-state index in [4.69, 9.17) is 4.74 Å². The molecule has 1 amide bonds. The van der Waals surface area contributed by atoms with Crippen molar-refractivity contribution in [2.24, 2.45) is 28.6 Å². The van der Waals surface area contributed by atoms with Crippen LogP contribution < -0.4 is 0 Å². The number of piperidine rings is 1. The topological polar surface area (TPSA) is 29.5 Å². The first-order valence-corrected chi connectivity index (χ1v) is 9.67. The first kappa shape index (κ1) is 15.9. The van der Waals surface area contributed by atoms with Crippen LogP contribution in [-0.2, 0) is 9.53 Å². The van der Waals surface area contributed by atoms with Gasteiger partial charge in [-0.25, -0.2) is 0 Å². The highest BCUT2D eigenvalue weighted by atomic mass is 16.5. The van der Waals surface area contributed by atoms with E-state index in [1.807, 2.05) is 14.2 Å². The number of amides is 1. The average Bonchev–Trinajstić information content (AvgIpc) is 2.88. The molecule has 0 aromatic rings. The van der Waals surface area contributed by atoms with Gasteiger partial charge in [-0.15, -0.1) is 0 Å². The Kier molecular flexibility index (Phi) is 3.61. The van der Waals surface area contributed by atoms with Crippen molar-refractivity contribution in [3.05, 3.63) is 0 Å². The van der Waals surface area contributed by atoms with Crippen LogP contribution in [0.25, 0.3) is 0 Å². The Bertz CT molecular complexity index is 506. The number of rotatable bonds is 1. The molecule has 3 nitrogen and oxygen atoms in total. The number of hydrogen-bond acceptors (Lipinski definition) is 2. The standard InChI is InChI=1S/C20H33NO2/c1-19-9-7-15-14(16(19)11-13(12-19)23-4)5-6-17-20(15,2)10-8-18(22)21(17)3/h13-17H,5-12H2,1-4H3/t13?,14-,15+,16+,17-,19-,20-/m1/s1. The molecule has 1 heterocycles. The Hall–Kier alpha value is -0.570. The molecule has 4 aliphatic rings. The average molecular weight is 319 g/mol. The molecule has 4 fully saturated rings. The zero-order valence-corrected chi connectivity index (χ0v) is 15.3. The predicted octanol–water partition coefficient (Wildman–Crippen LogP) is 3.86. The minimum atomic E-state index is 0.345. The SMILES string of the molecule is COC1C[C@H]2[C@@H]3CC[C@H]4N(C)C(=O)CC[C@]4(C)[C@H]3CC[C@]2(C)C1. The first-order chi connectivity index (χ1) is 10.9. The third-order valence-electron chi connectivity index (χ3n) is 8.62. The fourth-order valence-corrected chi connectivity index (χ4v) is 7.32. The van der Waals surface area contributed by atoms with Gasteiger partial charge in [0.2, 0.25) is 5.91 Å². The third kappa shape index (κ3) is 2.14. The lowest BCUT2D eigenvalue weighted by atomic mass is 9.47. The number of nitrogens with zero attached hydrogens (tertiary/aromatic N) is 1. The van der Waals surface area contributed by atoms with Gasteiger partial charge < -0.3 is 9.64 Å². The lowest BCUT2D eigenvalue weighted by Gasteiger charge is -2.61. The van der Waals surface area contributed by atoms with Crippen LogP contribution in [0, 0.1) is 28.6 Å². The molecule has 3 heteroatoms. The minimum Gasteiger partial charge on any atom is -0.381 e. The lowest BCUT2D eigenvalue weighted by molar-refractivity contribution is -0.156. The van der Waals surface area contributed by atoms with Crippen LogP contribution in [0.5, 0.6) is 0 Å². The molecule has 3 saturated carbocycles. The molecule has 0 N–H and O–H groups in total. The second-order valence-electron chi connectivity index (χ2n) is 9.47. The van der Waals surface area contributed by atoms with Crippen LogP contribution >= 0.6 is 0 Å². The van der Waals surface area contributed by atoms with Crippen LogP contribution in [0.4, 0.5) is 0 Å². The third-order valence-corrected chi connectivity index (χ3v) is 8.62. The molecule has 3 aliphatic carbocycles. The molecule has 1 unspecified atom stereocenters. The van der Waals surface area contributed by atoms with Crippen molar-refractivity contribution in [3.63, 3.8) is 0 Å². The number of methoxy groups -OCH3 is 1. The summed E-state index contributed by atoms with van der Waals surface area (Å²) < 4.78 is 5.76. The fraction of sp³-hybridized carbons (Fsp3) is 0.950. The van der Waals surface area contributed by atoms with Crippen LogP contribution in [-0.4, -0.2) is 37.1 Å². The summed E-state index contributed by atoms with van der Waals surface area (Å²) in [7, 11) is 3.94. The molecule has 0 aromatic carbocycles. The Morgan fingerprint density at radius 2 is 1.91 bits per heavy atom. The number of hydrogen-bond donors (Lipinski definition) is 0. The Morgan fingerprint density at radius 1 is 1.13 bits per heavy atom. The second kappa shape index (κ2) is 5.21. The molecule has 0 spiro atoms. The van der Waals surface area contributed by atoms with Crippen LogP contribution in [0.15, 0.2) is 0 Å². The molecular formula is C20H33NO2. The van der Waals surface area contributed by atoms with Crippen LogP contribution in [0.1, 0.15) is 65.2 Å². The van der Waals surface area contributed by atoms with Crippen molar-refractivity contribution in [1.29, 1.82) is 0 Å². The van der Waals surface area contributed by atoms with Gasteiger partial charge >= 0.3 is 0 Å². The van der Waals surface area contributed by atoms with Gasteiger partial charge in [-0.2, -0.15) is 0 Å². The lowest BCUT2D eigenvalue weighted by Crippen LogP contribution is -2.61. The number of likely N-dealkylation sites (tertiary alicyclic amines) is 1. The number of fused-ring (bicyclic) bond motifs is 5. The van der Waals surface area contributed by atoms with Gasteiger partial charge in [-0.1, -0.05) is 13.8 Å². The van der Waals surface area contributed by atoms with Gasteiger partial charge in [0.05, 0.1) is 6.10 Å². The van der Waals surface area contributed by atoms with Crippen molar-refractivity contribution in [3.8, 4) is 0 Å². The highest BCUT2D eigenvalue weighted by Crippen LogP contribution is 2.64. The maximum atomic E-state index is 12.2. The van der Waals surface area contributed by atoms with Crippen LogP contribution in [0.3, 0.4) is 0 Å². The Labute approximate surface area is 141 Å². The first-order valence-electron chi connectivity index (χ1n) is 9.67. The van der Waals surface area contributed by atoms with Crippen molar-refractivity contribution in [2.75, 3.05) is 14.2 Å². The predicted molar refractivity (Wildman–Crippen MR) is 91.0 cm³/mol. The smallest absolute Gasteiger partial charge is 0.222 e. The zero-order chi connectivity index (χ0) is 16.4.